The molecule has 0 radical (unpaired) electrons. The zero-order chi connectivity index (χ0) is 13.0. The molecule has 18 heavy (non-hydrogen) atoms. The predicted molar refractivity (Wildman–Crippen MR) is 74.1 cm³/mol. The molecule has 1 aliphatic rings. The summed E-state index contributed by atoms with van der Waals surface area (Å²) in [6.45, 7) is 0. The van der Waals surface area contributed by atoms with E-state index in [1.165, 1.54) is 0 Å². The van der Waals surface area contributed by atoms with E-state index in [0.29, 0.717) is 5.71 Å². The highest BCUT2D eigenvalue weighted by Crippen LogP contribution is 2.12. The maximum absolute atomic E-state index is 11.0. The van der Waals surface area contributed by atoms with Gasteiger partial charge in [-0.05, 0) is 36.4 Å². The van der Waals surface area contributed by atoms with Gasteiger partial charge in [0.25, 0.3) is 10.0 Å². The molecule has 4 nitrogen and oxygen atoms in total. The molecule has 0 saturated carbocycles. The first kappa shape index (κ1) is 12.4. The molecule has 0 atom stereocenters. The van der Waals surface area contributed by atoms with Gasteiger partial charge in [0, 0.05) is 0 Å². The van der Waals surface area contributed by atoms with Crippen molar-refractivity contribution in [3.05, 3.63) is 54.6 Å². The summed E-state index contributed by atoms with van der Waals surface area (Å²) in [6, 6.07) is 9.54. The van der Waals surface area contributed by atoms with Gasteiger partial charge in [-0.3, -0.25) is 0 Å². The number of hydrogen-bond donors (Lipinski definition) is 0. The number of para-hydroxylation sites is 1. The van der Waals surface area contributed by atoms with Crippen LogP contribution in [-0.4, -0.2) is 26.1 Å². The van der Waals surface area contributed by atoms with Crippen molar-refractivity contribution >= 4 is 27.1 Å². The molecule has 0 saturated heterocycles. The topological polar surface area (TPSA) is 58.9 Å². The highest BCUT2D eigenvalue weighted by atomic mass is 32.2. The molecule has 1 aromatic rings. The molecule has 1 aliphatic carbocycles. The summed E-state index contributed by atoms with van der Waals surface area (Å²) in [4.78, 5) is 4.39. The Bertz CT molecular complexity index is 635. The summed E-state index contributed by atoms with van der Waals surface area (Å²) in [5.41, 5.74) is 2.02. The Labute approximate surface area is 106 Å². The van der Waals surface area contributed by atoms with Gasteiger partial charge in [0.2, 0.25) is 0 Å². The molecule has 0 amide bonds. The van der Waals surface area contributed by atoms with Crippen molar-refractivity contribution in [3.8, 4) is 0 Å². The maximum Gasteiger partial charge on any atom is 0.250 e. The van der Waals surface area contributed by atoms with Crippen LogP contribution in [-0.2, 0) is 10.0 Å². The lowest BCUT2D eigenvalue weighted by molar-refractivity contribution is 0.604. The third-order valence-electron chi connectivity index (χ3n) is 2.14. The highest BCUT2D eigenvalue weighted by Gasteiger charge is 2.03. The van der Waals surface area contributed by atoms with Crippen LogP contribution in [0.1, 0.15) is 0 Å². The minimum atomic E-state index is -3.35. The van der Waals surface area contributed by atoms with Gasteiger partial charge in [0.15, 0.2) is 0 Å². The summed E-state index contributed by atoms with van der Waals surface area (Å²) in [7, 11) is -3.35. The second kappa shape index (κ2) is 5.10. The van der Waals surface area contributed by atoms with Gasteiger partial charge in [0.1, 0.15) is 0 Å². The average molecular weight is 260 g/mol. The van der Waals surface area contributed by atoms with E-state index in [0.717, 1.165) is 17.7 Å². The number of allylic oxidation sites excluding steroid dienone is 4. The number of hydrogen-bond acceptors (Lipinski definition) is 3. The number of benzene rings is 1. The van der Waals surface area contributed by atoms with Crippen molar-refractivity contribution in [1.29, 1.82) is 0 Å². The molecule has 0 N–H and O–H groups in total. The van der Waals surface area contributed by atoms with Crippen molar-refractivity contribution in [2.45, 2.75) is 0 Å². The fourth-order valence-corrected chi connectivity index (χ4v) is 1.94. The van der Waals surface area contributed by atoms with Gasteiger partial charge in [0.05, 0.1) is 23.4 Å². The molecule has 5 heteroatoms. The first-order chi connectivity index (χ1) is 8.53. The molecule has 0 aliphatic heterocycles. The highest BCUT2D eigenvalue weighted by molar-refractivity contribution is 7.89. The van der Waals surface area contributed by atoms with E-state index < -0.39 is 10.0 Å². The van der Waals surface area contributed by atoms with Crippen molar-refractivity contribution < 1.29 is 8.42 Å². The SMILES string of the molecule is CS(=O)(=O)N=C1C=CC(=Nc2ccccc2)C=C1. The molecule has 0 unspecified atom stereocenters. The number of sulfonamides is 1. The van der Waals surface area contributed by atoms with Crippen molar-refractivity contribution in [2.24, 2.45) is 9.39 Å². The Hall–Kier alpha value is -2.01. The van der Waals surface area contributed by atoms with E-state index in [9.17, 15) is 8.42 Å². The lowest BCUT2D eigenvalue weighted by Gasteiger charge is -2.01. The van der Waals surface area contributed by atoms with Crippen LogP contribution in [0.2, 0.25) is 0 Å². The molecule has 0 spiro atoms. The normalized spacial score (nSPS) is 14.7. The van der Waals surface area contributed by atoms with Crippen molar-refractivity contribution in [1.82, 2.24) is 0 Å². The van der Waals surface area contributed by atoms with Gasteiger partial charge >= 0.3 is 0 Å². The predicted octanol–water partition coefficient (Wildman–Crippen LogP) is 2.29. The molecule has 0 fully saturated rings. The molecule has 1 aromatic carbocycles. The van der Waals surface area contributed by atoms with Crippen molar-refractivity contribution in [2.75, 3.05) is 6.26 Å². The molecular weight excluding hydrogens is 248 g/mol. The quantitative estimate of drug-likeness (QED) is 0.766. The number of rotatable bonds is 2. The monoisotopic (exact) mass is 260 g/mol. The second-order valence-electron chi connectivity index (χ2n) is 3.79. The minimum Gasteiger partial charge on any atom is -0.249 e. The van der Waals surface area contributed by atoms with Gasteiger partial charge in [-0.1, -0.05) is 18.2 Å². The Morgan fingerprint density at radius 1 is 0.889 bits per heavy atom. The fourth-order valence-electron chi connectivity index (χ4n) is 1.43. The Balaban J connectivity index is 2.20. The van der Waals surface area contributed by atoms with Gasteiger partial charge < -0.3 is 0 Å². The summed E-state index contributed by atoms with van der Waals surface area (Å²) in [5, 5.41) is 0. The Kier molecular flexibility index (Phi) is 3.53. The van der Waals surface area contributed by atoms with Crippen LogP contribution >= 0.6 is 0 Å². The molecule has 0 heterocycles. The standard InChI is InChI=1S/C13H12N2O2S/c1-18(16,17)15-13-9-7-12(8-10-13)14-11-5-3-2-4-6-11/h2-10H,1H3. The van der Waals surface area contributed by atoms with E-state index in [-0.39, 0.29) is 0 Å². The van der Waals surface area contributed by atoms with E-state index in [1.54, 1.807) is 24.3 Å². The first-order valence-electron chi connectivity index (χ1n) is 5.33. The van der Waals surface area contributed by atoms with Gasteiger partial charge in [-0.15, -0.1) is 0 Å². The molecule has 0 aromatic heterocycles. The Morgan fingerprint density at radius 3 is 2.00 bits per heavy atom. The van der Waals surface area contributed by atoms with Crippen LogP contribution < -0.4 is 0 Å². The van der Waals surface area contributed by atoms with E-state index in [2.05, 4.69) is 9.39 Å². The van der Waals surface area contributed by atoms with Crippen LogP contribution in [0.25, 0.3) is 0 Å². The lowest BCUT2D eigenvalue weighted by atomic mass is 10.1. The lowest BCUT2D eigenvalue weighted by Crippen LogP contribution is -2.03. The minimum absolute atomic E-state index is 0.407. The molecule has 2 rings (SSSR count). The third-order valence-corrected chi connectivity index (χ3v) is 2.68. The van der Waals surface area contributed by atoms with Crippen LogP contribution in [0.15, 0.2) is 64.0 Å². The summed E-state index contributed by atoms with van der Waals surface area (Å²) in [6.07, 6.45) is 7.79. The Morgan fingerprint density at radius 2 is 1.44 bits per heavy atom. The zero-order valence-electron chi connectivity index (χ0n) is 9.82. The zero-order valence-corrected chi connectivity index (χ0v) is 10.6. The number of nitrogens with zero attached hydrogens (tertiary/aromatic N) is 2. The smallest absolute Gasteiger partial charge is 0.249 e. The summed E-state index contributed by atoms with van der Waals surface area (Å²) >= 11 is 0. The van der Waals surface area contributed by atoms with Crippen LogP contribution in [0.3, 0.4) is 0 Å². The average Bonchev–Trinajstić information content (AvgIpc) is 2.31. The molecule has 92 valence electrons. The second-order valence-corrected chi connectivity index (χ2v) is 5.44. The van der Waals surface area contributed by atoms with Crippen LogP contribution in [0, 0.1) is 0 Å². The largest absolute Gasteiger partial charge is 0.250 e. The first-order valence-corrected chi connectivity index (χ1v) is 7.18. The van der Waals surface area contributed by atoms with Crippen LogP contribution in [0.4, 0.5) is 5.69 Å². The van der Waals surface area contributed by atoms with E-state index >= 15 is 0 Å². The van der Waals surface area contributed by atoms with E-state index in [1.807, 2.05) is 30.3 Å². The molecule has 0 bridgehead atoms. The van der Waals surface area contributed by atoms with Crippen LogP contribution in [0.5, 0.6) is 0 Å². The summed E-state index contributed by atoms with van der Waals surface area (Å²) < 4.78 is 25.5. The summed E-state index contributed by atoms with van der Waals surface area (Å²) in [5.74, 6) is 0. The third kappa shape index (κ3) is 3.78. The fraction of sp³-hybridized carbons (Fsp3) is 0.0769. The van der Waals surface area contributed by atoms with Crippen molar-refractivity contribution in [3.63, 3.8) is 0 Å². The number of aliphatic imine (C=N–C) groups is 1. The van der Waals surface area contributed by atoms with E-state index in [4.69, 9.17) is 0 Å². The maximum atomic E-state index is 11.0. The van der Waals surface area contributed by atoms with Gasteiger partial charge in [-0.25, -0.2) is 13.4 Å². The molecular formula is C13H12N2O2S. The van der Waals surface area contributed by atoms with Gasteiger partial charge in [-0.2, -0.15) is 4.40 Å².